The van der Waals surface area contributed by atoms with E-state index in [9.17, 15) is 14.7 Å². The number of carboxylic acid groups (broad SMARTS) is 1. The Morgan fingerprint density at radius 2 is 1.71 bits per heavy atom. The third kappa shape index (κ3) is 4.22. The molecule has 1 N–H and O–H groups in total. The molecule has 4 rings (SSSR count). The molecule has 1 aliphatic heterocycles. The van der Waals surface area contributed by atoms with Crippen molar-refractivity contribution in [3.05, 3.63) is 101 Å². The molecule has 0 spiro atoms. The maximum Gasteiger partial charge on any atom is 0.336 e. The number of benzene rings is 3. The molecule has 0 unspecified atom stereocenters. The lowest BCUT2D eigenvalue weighted by Gasteiger charge is -2.38. The van der Waals surface area contributed by atoms with Gasteiger partial charge in [0.1, 0.15) is 0 Å². The molecule has 1 amide bonds. The molecule has 0 saturated heterocycles. The molecule has 1 heterocycles. The summed E-state index contributed by atoms with van der Waals surface area (Å²) in [6, 6.07) is 22.5. The zero-order valence-electron chi connectivity index (χ0n) is 17.6. The van der Waals surface area contributed by atoms with Crippen LogP contribution >= 0.6 is 0 Å². The molecule has 0 radical (unpaired) electrons. The Morgan fingerprint density at radius 3 is 2.45 bits per heavy atom. The largest absolute Gasteiger partial charge is 0.478 e. The molecule has 4 heteroatoms. The Kier molecular flexibility index (Phi) is 5.35. The quantitative estimate of drug-likeness (QED) is 0.620. The number of anilines is 1. The second-order valence-electron chi connectivity index (χ2n) is 8.36. The smallest absolute Gasteiger partial charge is 0.336 e. The Balaban J connectivity index is 1.72. The van der Waals surface area contributed by atoms with Gasteiger partial charge in [0.15, 0.2) is 0 Å². The minimum absolute atomic E-state index is 0.107. The zero-order chi connectivity index (χ0) is 22.0. The summed E-state index contributed by atoms with van der Waals surface area (Å²) in [5.41, 5.74) is 4.21. The number of aromatic carboxylic acids is 1. The first-order chi connectivity index (χ1) is 14.8. The number of nitrogens with zero attached hydrogens (tertiary/aromatic N) is 1. The summed E-state index contributed by atoms with van der Waals surface area (Å²) in [5.74, 6) is 5.21. The summed E-state index contributed by atoms with van der Waals surface area (Å²) in [4.78, 5) is 26.2. The summed E-state index contributed by atoms with van der Waals surface area (Å²) in [5, 5.41) is 9.36. The van der Waals surface area contributed by atoms with E-state index >= 15 is 0 Å². The van der Waals surface area contributed by atoms with Crippen LogP contribution in [0.25, 0.3) is 0 Å². The summed E-state index contributed by atoms with van der Waals surface area (Å²) >= 11 is 0. The second-order valence-corrected chi connectivity index (χ2v) is 8.36. The van der Waals surface area contributed by atoms with E-state index in [1.165, 1.54) is 0 Å². The van der Waals surface area contributed by atoms with Gasteiger partial charge in [-0.15, -0.1) is 0 Å². The zero-order valence-corrected chi connectivity index (χ0v) is 17.6. The minimum atomic E-state index is -0.994. The predicted molar refractivity (Wildman–Crippen MR) is 121 cm³/mol. The second kappa shape index (κ2) is 8.12. The van der Waals surface area contributed by atoms with Crippen LogP contribution in [0.5, 0.6) is 0 Å². The molecule has 31 heavy (non-hydrogen) atoms. The molecule has 3 aromatic rings. The van der Waals surface area contributed by atoms with E-state index in [0.717, 1.165) is 22.4 Å². The Bertz CT molecular complexity index is 1220. The van der Waals surface area contributed by atoms with E-state index in [2.05, 4.69) is 25.7 Å². The van der Waals surface area contributed by atoms with Crippen LogP contribution < -0.4 is 4.90 Å². The molecule has 0 bridgehead atoms. The third-order valence-corrected chi connectivity index (χ3v) is 5.59. The average Bonchev–Trinajstić information content (AvgIpc) is 2.76. The highest BCUT2D eigenvalue weighted by Gasteiger charge is 2.36. The van der Waals surface area contributed by atoms with Crippen molar-refractivity contribution in [1.82, 2.24) is 0 Å². The highest BCUT2D eigenvalue weighted by molar-refractivity contribution is 5.98. The maximum atomic E-state index is 12.9. The van der Waals surface area contributed by atoms with Gasteiger partial charge in [-0.1, -0.05) is 68.2 Å². The van der Waals surface area contributed by atoms with Crippen molar-refractivity contribution in [2.75, 3.05) is 4.90 Å². The highest BCUT2D eigenvalue weighted by atomic mass is 16.4. The normalized spacial score (nSPS) is 14.4. The molecule has 154 valence electrons. The van der Waals surface area contributed by atoms with Gasteiger partial charge in [-0.2, -0.15) is 0 Å². The Labute approximate surface area is 182 Å². The highest BCUT2D eigenvalue weighted by Crippen LogP contribution is 2.41. The summed E-state index contributed by atoms with van der Waals surface area (Å²) < 4.78 is 0. The fraction of sp³-hybridized carbons (Fsp3) is 0.185. The van der Waals surface area contributed by atoms with Gasteiger partial charge in [0.25, 0.3) is 0 Å². The van der Waals surface area contributed by atoms with Crippen molar-refractivity contribution in [1.29, 1.82) is 0 Å². The predicted octanol–water partition coefficient (Wildman–Crippen LogP) is 5.00. The van der Waals surface area contributed by atoms with Gasteiger partial charge in [-0.25, -0.2) is 4.79 Å². The van der Waals surface area contributed by atoms with E-state index in [0.29, 0.717) is 18.5 Å². The van der Waals surface area contributed by atoms with Gasteiger partial charge in [0, 0.05) is 28.7 Å². The van der Waals surface area contributed by atoms with Crippen LogP contribution in [0.2, 0.25) is 0 Å². The summed E-state index contributed by atoms with van der Waals surface area (Å²) in [6.45, 7) is 4.67. The number of hydrogen-bond acceptors (Lipinski definition) is 2. The van der Waals surface area contributed by atoms with Crippen LogP contribution in [0, 0.1) is 11.8 Å². The number of carbonyl (C=O) groups excluding carboxylic acids is 1. The number of rotatable bonds is 3. The Hall–Kier alpha value is -3.84. The molecular weight excluding hydrogens is 386 g/mol. The third-order valence-electron chi connectivity index (χ3n) is 5.59. The lowest BCUT2D eigenvalue weighted by Crippen LogP contribution is -2.41. The van der Waals surface area contributed by atoms with Gasteiger partial charge >= 0.3 is 5.97 Å². The van der Waals surface area contributed by atoms with Gasteiger partial charge < -0.3 is 10.0 Å². The van der Waals surface area contributed by atoms with Crippen LogP contribution in [0.1, 0.15) is 52.9 Å². The molecule has 3 aromatic carbocycles. The Morgan fingerprint density at radius 1 is 1.00 bits per heavy atom. The van der Waals surface area contributed by atoms with Crippen molar-refractivity contribution >= 4 is 17.6 Å². The van der Waals surface area contributed by atoms with E-state index in [-0.39, 0.29) is 16.9 Å². The summed E-state index contributed by atoms with van der Waals surface area (Å²) in [7, 11) is 0. The van der Waals surface area contributed by atoms with Crippen LogP contribution in [0.15, 0.2) is 72.8 Å². The van der Waals surface area contributed by atoms with Gasteiger partial charge in [0.05, 0.1) is 12.1 Å². The molecule has 1 aliphatic rings. The molecule has 0 atom stereocenters. The van der Waals surface area contributed by atoms with Crippen molar-refractivity contribution in [3.8, 4) is 11.8 Å². The molecule has 4 nitrogen and oxygen atoms in total. The number of hydrogen-bond donors (Lipinski definition) is 1. The molecule has 0 fully saturated rings. The number of fused-ring (bicyclic) bond motifs is 1. The fourth-order valence-corrected chi connectivity index (χ4v) is 3.95. The first kappa shape index (κ1) is 20.4. The summed E-state index contributed by atoms with van der Waals surface area (Å²) in [6.07, 6.45) is 0.422. The number of carbonyl (C=O) groups is 2. The van der Waals surface area contributed by atoms with E-state index in [1.807, 2.05) is 53.4 Å². The minimum Gasteiger partial charge on any atom is -0.478 e. The van der Waals surface area contributed by atoms with Crippen molar-refractivity contribution in [3.63, 3.8) is 0 Å². The lowest BCUT2D eigenvalue weighted by molar-refractivity contribution is -0.120. The van der Waals surface area contributed by atoms with Crippen molar-refractivity contribution in [2.24, 2.45) is 0 Å². The number of carboxylic acids is 1. The van der Waals surface area contributed by atoms with E-state index in [1.54, 1.807) is 24.3 Å². The first-order valence-electron chi connectivity index (χ1n) is 10.2. The standard InChI is InChI=1S/C27H23NO3/c1-27(2)17-25(29)28(18-20-8-4-3-5-9-20)24-15-13-19(16-23(24)27)12-14-21-10-6-7-11-22(21)26(30)31/h3-11,13,15-16H,17-18H2,1-2H3,(H,30,31). The van der Waals surface area contributed by atoms with Crippen molar-refractivity contribution < 1.29 is 14.7 Å². The van der Waals surface area contributed by atoms with Gasteiger partial charge in [0.2, 0.25) is 5.91 Å². The first-order valence-corrected chi connectivity index (χ1v) is 10.2. The molecule has 0 saturated carbocycles. The van der Waals surface area contributed by atoms with E-state index in [4.69, 9.17) is 0 Å². The fourth-order valence-electron chi connectivity index (χ4n) is 3.95. The van der Waals surface area contributed by atoms with Gasteiger partial charge in [-0.05, 0) is 41.5 Å². The number of amides is 1. The molecular formula is C27H23NO3. The lowest BCUT2D eigenvalue weighted by atomic mass is 9.76. The molecule has 0 aromatic heterocycles. The van der Waals surface area contributed by atoms with Crippen LogP contribution in [-0.4, -0.2) is 17.0 Å². The van der Waals surface area contributed by atoms with Crippen molar-refractivity contribution in [2.45, 2.75) is 32.2 Å². The van der Waals surface area contributed by atoms with Gasteiger partial charge in [-0.3, -0.25) is 4.79 Å². The topological polar surface area (TPSA) is 57.6 Å². The molecule has 0 aliphatic carbocycles. The monoisotopic (exact) mass is 409 g/mol. The van der Waals surface area contributed by atoms with Crippen LogP contribution in [0.3, 0.4) is 0 Å². The van der Waals surface area contributed by atoms with E-state index < -0.39 is 5.97 Å². The maximum absolute atomic E-state index is 12.9. The van der Waals surface area contributed by atoms with Crippen LogP contribution in [0.4, 0.5) is 5.69 Å². The average molecular weight is 409 g/mol. The van der Waals surface area contributed by atoms with Crippen LogP contribution in [-0.2, 0) is 16.8 Å². The SMILES string of the molecule is CC1(C)CC(=O)N(Cc2ccccc2)c2ccc(C#Cc3ccccc3C(=O)O)cc21.